The molecule has 1 aromatic carbocycles. The van der Waals surface area contributed by atoms with Crippen LogP contribution in [-0.2, 0) is 0 Å². The van der Waals surface area contributed by atoms with Crippen LogP contribution in [0.15, 0.2) is 28.7 Å². The molecule has 21 heavy (non-hydrogen) atoms. The Bertz CT molecular complexity index is 503. The molecule has 2 unspecified atom stereocenters. The van der Waals surface area contributed by atoms with E-state index in [9.17, 15) is 4.79 Å². The molecule has 1 amide bonds. The van der Waals surface area contributed by atoms with E-state index in [1.807, 2.05) is 24.3 Å². The lowest BCUT2D eigenvalue weighted by Crippen LogP contribution is -2.51. The van der Waals surface area contributed by atoms with E-state index in [0.29, 0.717) is 12.0 Å². The molecular weight excluding hydrogens is 328 g/mol. The normalized spacial score (nSPS) is 26.1. The number of piperidine rings is 2. The third kappa shape index (κ3) is 3.67. The van der Waals surface area contributed by atoms with E-state index in [4.69, 9.17) is 0 Å². The minimum atomic E-state index is 0.0456. The van der Waals surface area contributed by atoms with Crippen molar-refractivity contribution in [1.82, 2.24) is 10.2 Å². The standard InChI is InChI=1S/C17H23BrN2O/c18-15-7-3-5-13(11-15)17(21)19-12-14-6-4-10-20-9-2-1-8-16(14)20/h3,5,7,11,14,16H,1-2,4,6,8-10,12H2,(H,19,21). The van der Waals surface area contributed by atoms with Gasteiger partial charge in [0.2, 0.25) is 0 Å². The van der Waals surface area contributed by atoms with Crippen molar-refractivity contribution in [2.45, 2.75) is 38.1 Å². The Morgan fingerprint density at radius 1 is 1.24 bits per heavy atom. The average molecular weight is 351 g/mol. The van der Waals surface area contributed by atoms with Gasteiger partial charge in [0, 0.05) is 22.6 Å². The van der Waals surface area contributed by atoms with Crippen LogP contribution in [-0.4, -0.2) is 36.5 Å². The Kier molecular flexibility index (Phi) is 4.96. The van der Waals surface area contributed by atoms with Crippen molar-refractivity contribution in [2.24, 2.45) is 5.92 Å². The maximum atomic E-state index is 12.3. The number of carbonyl (C=O) groups excluding carboxylic acids is 1. The van der Waals surface area contributed by atoms with Crippen molar-refractivity contribution in [2.75, 3.05) is 19.6 Å². The summed E-state index contributed by atoms with van der Waals surface area (Å²) >= 11 is 3.42. The van der Waals surface area contributed by atoms with E-state index in [0.717, 1.165) is 16.6 Å². The third-order valence-corrected chi connectivity index (χ3v) is 5.33. The number of carbonyl (C=O) groups is 1. The number of amides is 1. The summed E-state index contributed by atoms with van der Waals surface area (Å²) in [7, 11) is 0. The van der Waals surface area contributed by atoms with Gasteiger partial charge < -0.3 is 10.2 Å². The van der Waals surface area contributed by atoms with E-state index >= 15 is 0 Å². The third-order valence-electron chi connectivity index (χ3n) is 4.84. The van der Waals surface area contributed by atoms with E-state index < -0.39 is 0 Å². The van der Waals surface area contributed by atoms with Gasteiger partial charge in [0.05, 0.1) is 0 Å². The smallest absolute Gasteiger partial charge is 0.251 e. The number of hydrogen-bond donors (Lipinski definition) is 1. The van der Waals surface area contributed by atoms with Gasteiger partial charge in [0.1, 0.15) is 0 Å². The number of hydrogen-bond acceptors (Lipinski definition) is 2. The molecule has 0 aliphatic carbocycles. The Balaban J connectivity index is 1.57. The molecule has 0 radical (unpaired) electrons. The van der Waals surface area contributed by atoms with Crippen LogP contribution in [0.2, 0.25) is 0 Å². The van der Waals surface area contributed by atoms with Gasteiger partial charge in [-0.25, -0.2) is 0 Å². The molecule has 2 aliphatic rings. The van der Waals surface area contributed by atoms with Crippen LogP contribution in [0.1, 0.15) is 42.5 Å². The first-order chi connectivity index (χ1) is 10.2. The van der Waals surface area contributed by atoms with Crippen LogP contribution in [0.4, 0.5) is 0 Å². The molecule has 0 aromatic heterocycles. The molecule has 0 spiro atoms. The highest BCUT2D eigenvalue weighted by atomic mass is 79.9. The highest BCUT2D eigenvalue weighted by molar-refractivity contribution is 9.10. The van der Waals surface area contributed by atoms with Crippen molar-refractivity contribution >= 4 is 21.8 Å². The SMILES string of the molecule is O=C(NCC1CCCN2CCCCC12)c1cccc(Br)c1. The second kappa shape index (κ2) is 6.93. The van der Waals surface area contributed by atoms with E-state index in [1.54, 1.807) is 0 Å². The van der Waals surface area contributed by atoms with Crippen LogP contribution in [0, 0.1) is 5.92 Å². The number of nitrogens with one attached hydrogen (secondary N) is 1. The summed E-state index contributed by atoms with van der Waals surface area (Å²) in [5, 5.41) is 3.14. The minimum Gasteiger partial charge on any atom is -0.352 e. The van der Waals surface area contributed by atoms with Crippen LogP contribution >= 0.6 is 15.9 Å². The van der Waals surface area contributed by atoms with Gasteiger partial charge in [-0.15, -0.1) is 0 Å². The molecule has 3 nitrogen and oxygen atoms in total. The first-order valence-corrected chi connectivity index (χ1v) is 8.81. The Labute approximate surface area is 135 Å². The van der Waals surface area contributed by atoms with Crippen molar-refractivity contribution in [3.63, 3.8) is 0 Å². The maximum absolute atomic E-state index is 12.3. The second-order valence-electron chi connectivity index (χ2n) is 6.22. The second-order valence-corrected chi connectivity index (χ2v) is 7.14. The van der Waals surface area contributed by atoms with Crippen LogP contribution in [0.25, 0.3) is 0 Å². The summed E-state index contributed by atoms with van der Waals surface area (Å²) in [6, 6.07) is 8.28. The number of fused-ring (bicyclic) bond motifs is 1. The lowest BCUT2D eigenvalue weighted by Gasteiger charge is -2.44. The van der Waals surface area contributed by atoms with E-state index in [2.05, 4.69) is 26.1 Å². The van der Waals surface area contributed by atoms with Gasteiger partial charge in [-0.2, -0.15) is 0 Å². The molecule has 1 aromatic rings. The largest absolute Gasteiger partial charge is 0.352 e. The molecule has 2 fully saturated rings. The lowest BCUT2D eigenvalue weighted by atomic mass is 9.83. The van der Waals surface area contributed by atoms with Gasteiger partial charge in [0.15, 0.2) is 0 Å². The first kappa shape index (κ1) is 15.0. The zero-order valence-corrected chi connectivity index (χ0v) is 13.9. The zero-order valence-electron chi connectivity index (χ0n) is 12.4. The topological polar surface area (TPSA) is 32.3 Å². The van der Waals surface area contributed by atoms with E-state index in [-0.39, 0.29) is 5.91 Å². The summed E-state index contributed by atoms with van der Waals surface area (Å²) < 4.78 is 0.950. The summed E-state index contributed by atoms with van der Waals surface area (Å²) in [6.07, 6.45) is 6.51. The minimum absolute atomic E-state index is 0.0456. The highest BCUT2D eigenvalue weighted by Gasteiger charge is 2.32. The van der Waals surface area contributed by atoms with Gasteiger partial charge >= 0.3 is 0 Å². The fourth-order valence-corrected chi connectivity index (χ4v) is 4.17. The lowest BCUT2D eigenvalue weighted by molar-refractivity contribution is 0.0575. The molecule has 4 heteroatoms. The molecule has 3 rings (SSSR count). The Morgan fingerprint density at radius 2 is 2.10 bits per heavy atom. The monoisotopic (exact) mass is 350 g/mol. The predicted octanol–water partition coefficient (Wildman–Crippen LogP) is 3.44. The van der Waals surface area contributed by atoms with Crippen molar-refractivity contribution < 1.29 is 4.79 Å². The van der Waals surface area contributed by atoms with Gasteiger partial charge in [-0.1, -0.05) is 28.4 Å². The Morgan fingerprint density at radius 3 is 2.95 bits per heavy atom. The highest BCUT2D eigenvalue weighted by Crippen LogP contribution is 2.30. The fraction of sp³-hybridized carbons (Fsp3) is 0.588. The fourth-order valence-electron chi connectivity index (χ4n) is 3.77. The molecular formula is C17H23BrN2O. The zero-order chi connectivity index (χ0) is 14.7. The number of rotatable bonds is 3. The first-order valence-electron chi connectivity index (χ1n) is 8.02. The predicted molar refractivity (Wildman–Crippen MR) is 88.4 cm³/mol. The average Bonchev–Trinajstić information content (AvgIpc) is 2.52. The van der Waals surface area contributed by atoms with Crippen molar-refractivity contribution in [3.05, 3.63) is 34.3 Å². The molecule has 0 saturated carbocycles. The maximum Gasteiger partial charge on any atom is 0.251 e. The number of benzene rings is 1. The van der Waals surface area contributed by atoms with Gasteiger partial charge in [0.25, 0.3) is 5.91 Å². The molecule has 1 N–H and O–H groups in total. The van der Waals surface area contributed by atoms with Crippen LogP contribution in [0.3, 0.4) is 0 Å². The summed E-state index contributed by atoms with van der Waals surface area (Å²) in [5.41, 5.74) is 0.737. The summed E-state index contributed by atoms with van der Waals surface area (Å²) in [5.74, 6) is 0.666. The van der Waals surface area contributed by atoms with Crippen LogP contribution < -0.4 is 5.32 Å². The molecule has 2 heterocycles. The van der Waals surface area contributed by atoms with Gasteiger partial charge in [-0.3, -0.25) is 4.79 Å². The Hall–Kier alpha value is -0.870. The molecule has 114 valence electrons. The summed E-state index contributed by atoms with van der Waals surface area (Å²) in [4.78, 5) is 14.9. The number of nitrogens with zero attached hydrogens (tertiary/aromatic N) is 1. The van der Waals surface area contributed by atoms with Crippen LogP contribution in [0.5, 0.6) is 0 Å². The molecule has 2 aliphatic heterocycles. The molecule has 0 bridgehead atoms. The summed E-state index contributed by atoms with van der Waals surface area (Å²) in [6.45, 7) is 3.31. The van der Waals surface area contributed by atoms with E-state index in [1.165, 1.54) is 45.2 Å². The van der Waals surface area contributed by atoms with Crippen molar-refractivity contribution in [3.8, 4) is 0 Å². The quantitative estimate of drug-likeness (QED) is 0.905. The van der Waals surface area contributed by atoms with Gasteiger partial charge in [-0.05, 0) is 62.9 Å². The van der Waals surface area contributed by atoms with Crippen molar-refractivity contribution in [1.29, 1.82) is 0 Å². The molecule has 2 saturated heterocycles. The molecule has 2 atom stereocenters. The number of halogens is 1.